The van der Waals surface area contributed by atoms with Gasteiger partial charge < -0.3 is 9.68 Å². The maximum Gasteiger partial charge on any atom is 0.159 e. The number of nitrogens with zero attached hydrogens (tertiary/aromatic N) is 2. The van der Waals surface area contributed by atoms with Crippen LogP contribution in [0.3, 0.4) is 0 Å². The van der Waals surface area contributed by atoms with Crippen molar-refractivity contribution in [1.29, 1.82) is 0 Å². The molecule has 0 radical (unpaired) electrons. The summed E-state index contributed by atoms with van der Waals surface area (Å²) in [6.45, 7) is 11.9. The van der Waals surface area contributed by atoms with Crippen molar-refractivity contribution < 1.29 is 9.68 Å². The van der Waals surface area contributed by atoms with Gasteiger partial charge in [-0.1, -0.05) is 59.7 Å². The summed E-state index contributed by atoms with van der Waals surface area (Å²) in [6.07, 6.45) is 0. The maximum absolute atomic E-state index is 5.54. The van der Waals surface area contributed by atoms with Gasteiger partial charge in [-0.15, -0.1) is 0 Å². The Hall–Kier alpha value is -2.36. The highest BCUT2D eigenvalue weighted by atomic mass is 16.7. The van der Waals surface area contributed by atoms with Gasteiger partial charge in [0, 0.05) is 0 Å². The molecule has 0 atom stereocenters. The molecule has 0 unspecified atom stereocenters. The number of hydrogen-bond acceptors (Lipinski definition) is 4. The van der Waals surface area contributed by atoms with Crippen molar-refractivity contribution in [3.8, 4) is 0 Å². The van der Waals surface area contributed by atoms with Crippen LogP contribution in [-0.4, -0.2) is 0 Å². The van der Waals surface area contributed by atoms with E-state index in [1.54, 1.807) is 0 Å². The van der Waals surface area contributed by atoms with Crippen LogP contribution in [0, 0.1) is 13.8 Å². The SMILES string of the molecule is Cc1ccc(C(C)(C)O/N=N/OC(C)(C)c2ccc(C)cc2)cc1. The first-order chi connectivity index (χ1) is 11.2. The Morgan fingerprint density at radius 1 is 0.583 bits per heavy atom. The summed E-state index contributed by atoms with van der Waals surface area (Å²) >= 11 is 0. The van der Waals surface area contributed by atoms with Crippen LogP contribution in [-0.2, 0) is 20.9 Å². The van der Waals surface area contributed by atoms with E-state index in [2.05, 4.69) is 48.7 Å². The summed E-state index contributed by atoms with van der Waals surface area (Å²) in [7, 11) is 0. The van der Waals surface area contributed by atoms with Crippen LogP contribution in [0.5, 0.6) is 0 Å². The molecule has 0 saturated carbocycles. The van der Waals surface area contributed by atoms with Crippen molar-refractivity contribution in [2.24, 2.45) is 10.6 Å². The molecule has 0 spiro atoms. The first-order valence-electron chi connectivity index (χ1n) is 8.12. The van der Waals surface area contributed by atoms with Gasteiger partial charge in [-0.3, -0.25) is 0 Å². The van der Waals surface area contributed by atoms with Crippen LogP contribution < -0.4 is 0 Å². The number of benzene rings is 2. The average molecular weight is 326 g/mol. The lowest BCUT2D eigenvalue weighted by molar-refractivity contribution is -0.0944. The Kier molecular flexibility index (Phi) is 5.27. The standard InChI is InChI=1S/C20H26N2O2/c1-15-7-11-17(12-8-15)19(3,4)23-21-22-24-20(5,6)18-13-9-16(2)10-14-18/h7-14H,1-6H3/b22-21+. The van der Waals surface area contributed by atoms with E-state index in [1.807, 2.05) is 52.0 Å². The summed E-state index contributed by atoms with van der Waals surface area (Å²) in [6, 6.07) is 16.3. The second-order valence-electron chi connectivity index (χ2n) is 7.10. The predicted molar refractivity (Wildman–Crippen MR) is 95.4 cm³/mol. The minimum absolute atomic E-state index is 0.575. The third-order valence-corrected chi connectivity index (χ3v) is 4.06. The Morgan fingerprint density at radius 2 is 0.875 bits per heavy atom. The van der Waals surface area contributed by atoms with Crippen molar-refractivity contribution in [2.75, 3.05) is 0 Å². The van der Waals surface area contributed by atoms with Crippen LogP contribution in [0.1, 0.15) is 49.9 Å². The Morgan fingerprint density at radius 3 is 1.17 bits per heavy atom. The number of hydrogen-bond donors (Lipinski definition) is 0. The van der Waals surface area contributed by atoms with Gasteiger partial charge in [-0.2, -0.15) is 0 Å². The lowest BCUT2D eigenvalue weighted by Gasteiger charge is -2.23. The fraction of sp³-hybridized carbons (Fsp3) is 0.400. The molecule has 0 aliphatic rings. The third-order valence-electron chi connectivity index (χ3n) is 4.06. The van der Waals surface area contributed by atoms with Crippen molar-refractivity contribution in [2.45, 2.75) is 52.7 Å². The zero-order valence-corrected chi connectivity index (χ0v) is 15.3. The summed E-state index contributed by atoms with van der Waals surface area (Å²) in [5.41, 5.74) is 3.33. The highest BCUT2D eigenvalue weighted by Gasteiger charge is 2.24. The Bertz CT molecular complexity index is 625. The van der Waals surface area contributed by atoms with Gasteiger partial charge in [0.2, 0.25) is 0 Å². The zero-order chi connectivity index (χ0) is 17.8. The lowest BCUT2D eigenvalue weighted by atomic mass is 9.97. The number of rotatable bonds is 6. The summed E-state index contributed by atoms with van der Waals surface area (Å²) in [5.74, 6) is 0. The van der Waals surface area contributed by atoms with E-state index in [-0.39, 0.29) is 0 Å². The molecule has 0 N–H and O–H groups in total. The molecule has 4 heteroatoms. The second kappa shape index (κ2) is 7.04. The monoisotopic (exact) mass is 326 g/mol. The molecular formula is C20H26N2O2. The molecule has 0 bridgehead atoms. The van der Waals surface area contributed by atoms with Crippen LogP contribution in [0.15, 0.2) is 59.1 Å². The molecule has 0 saturated heterocycles. The largest absolute Gasteiger partial charge is 0.366 e. The van der Waals surface area contributed by atoms with Crippen molar-refractivity contribution >= 4 is 0 Å². The molecule has 4 nitrogen and oxygen atoms in total. The van der Waals surface area contributed by atoms with Gasteiger partial charge in [-0.05, 0) is 52.7 Å². The molecule has 128 valence electrons. The molecule has 2 aromatic rings. The fourth-order valence-corrected chi connectivity index (χ4v) is 2.25. The first kappa shape index (κ1) is 18.0. The van der Waals surface area contributed by atoms with Crippen LogP contribution in [0.25, 0.3) is 0 Å². The average Bonchev–Trinajstić information content (AvgIpc) is 2.52. The maximum atomic E-state index is 5.54. The molecule has 0 amide bonds. The van der Waals surface area contributed by atoms with Crippen molar-refractivity contribution in [1.82, 2.24) is 0 Å². The quantitative estimate of drug-likeness (QED) is 0.498. The molecule has 2 aromatic carbocycles. The van der Waals surface area contributed by atoms with Crippen LogP contribution in [0.4, 0.5) is 0 Å². The lowest BCUT2D eigenvalue weighted by Crippen LogP contribution is -2.20. The summed E-state index contributed by atoms with van der Waals surface area (Å²) in [4.78, 5) is 11.1. The van der Waals surface area contributed by atoms with E-state index in [9.17, 15) is 0 Å². The minimum Gasteiger partial charge on any atom is -0.366 e. The molecule has 0 fully saturated rings. The molecule has 0 heterocycles. The van der Waals surface area contributed by atoms with Gasteiger partial charge >= 0.3 is 0 Å². The van der Waals surface area contributed by atoms with Crippen molar-refractivity contribution in [3.05, 3.63) is 70.8 Å². The van der Waals surface area contributed by atoms with Crippen LogP contribution in [0.2, 0.25) is 0 Å². The van der Waals surface area contributed by atoms with Gasteiger partial charge in [0.25, 0.3) is 0 Å². The molecule has 0 aromatic heterocycles. The van der Waals surface area contributed by atoms with Gasteiger partial charge in [0.05, 0.1) is 10.6 Å². The Labute approximate surface area is 144 Å². The van der Waals surface area contributed by atoms with E-state index in [1.165, 1.54) is 11.1 Å². The molecule has 0 aliphatic carbocycles. The zero-order valence-electron chi connectivity index (χ0n) is 15.3. The normalized spacial score (nSPS) is 12.4. The predicted octanol–water partition coefficient (Wildman–Crippen LogP) is 5.79. The van der Waals surface area contributed by atoms with Crippen LogP contribution >= 0.6 is 0 Å². The summed E-state index contributed by atoms with van der Waals surface area (Å²) in [5, 5.41) is 7.55. The fourth-order valence-electron chi connectivity index (χ4n) is 2.25. The van der Waals surface area contributed by atoms with Crippen molar-refractivity contribution in [3.63, 3.8) is 0 Å². The van der Waals surface area contributed by atoms with Gasteiger partial charge in [-0.25, -0.2) is 0 Å². The molecule has 24 heavy (non-hydrogen) atoms. The molecular weight excluding hydrogens is 300 g/mol. The molecule has 0 aliphatic heterocycles. The first-order valence-corrected chi connectivity index (χ1v) is 8.12. The van der Waals surface area contributed by atoms with E-state index in [0.717, 1.165) is 11.1 Å². The third kappa shape index (κ3) is 4.57. The van der Waals surface area contributed by atoms with Gasteiger partial charge in [0.1, 0.15) is 0 Å². The smallest absolute Gasteiger partial charge is 0.159 e. The van der Waals surface area contributed by atoms with E-state index < -0.39 is 11.2 Å². The second-order valence-corrected chi connectivity index (χ2v) is 7.10. The van der Waals surface area contributed by atoms with E-state index >= 15 is 0 Å². The highest BCUT2D eigenvalue weighted by Crippen LogP contribution is 2.27. The minimum atomic E-state index is -0.575. The van der Waals surface area contributed by atoms with E-state index in [0.29, 0.717) is 0 Å². The Balaban J connectivity index is 1.98. The summed E-state index contributed by atoms with van der Waals surface area (Å²) < 4.78 is 0. The topological polar surface area (TPSA) is 43.2 Å². The number of aryl methyl sites for hydroxylation is 2. The highest BCUT2D eigenvalue weighted by molar-refractivity contribution is 5.26. The van der Waals surface area contributed by atoms with Gasteiger partial charge in [0.15, 0.2) is 11.2 Å². The van der Waals surface area contributed by atoms with E-state index in [4.69, 9.17) is 9.68 Å². The molecule has 2 rings (SSSR count).